The Morgan fingerprint density at radius 3 is 2.50 bits per heavy atom. The van der Waals surface area contributed by atoms with Crippen LogP contribution in [0.15, 0.2) is 65.8 Å². The van der Waals surface area contributed by atoms with Gasteiger partial charge in [-0.25, -0.2) is 0 Å². The van der Waals surface area contributed by atoms with Crippen LogP contribution >= 0.6 is 11.8 Å². The second kappa shape index (κ2) is 8.26. The van der Waals surface area contributed by atoms with Crippen LogP contribution in [0.5, 0.6) is 0 Å². The standard InChI is InChI=1S/C17H17N5OS/c23-16(18-12-11-14-7-3-1-4-8-14)13-24-17-19-20-21-22(17)15-9-5-2-6-10-15/h1-10H,11-13H2,(H,18,23). The molecule has 0 bridgehead atoms. The molecule has 1 heterocycles. The van der Waals surface area contributed by atoms with Gasteiger partial charge < -0.3 is 5.32 Å². The van der Waals surface area contributed by atoms with Crippen molar-refractivity contribution in [3.05, 3.63) is 66.2 Å². The molecule has 2 aromatic carbocycles. The van der Waals surface area contributed by atoms with Crippen LogP contribution in [0.3, 0.4) is 0 Å². The zero-order valence-electron chi connectivity index (χ0n) is 13.0. The summed E-state index contributed by atoms with van der Waals surface area (Å²) in [6, 6.07) is 19.7. The zero-order valence-corrected chi connectivity index (χ0v) is 13.8. The molecule has 1 amide bonds. The molecule has 7 heteroatoms. The van der Waals surface area contributed by atoms with Crippen LogP contribution < -0.4 is 5.32 Å². The second-order valence-electron chi connectivity index (χ2n) is 5.08. The van der Waals surface area contributed by atoms with E-state index in [0.717, 1.165) is 12.1 Å². The molecule has 1 N–H and O–H groups in total. The molecule has 0 fully saturated rings. The molecule has 0 saturated carbocycles. The first-order valence-electron chi connectivity index (χ1n) is 7.60. The highest BCUT2D eigenvalue weighted by Gasteiger charge is 2.11. The number of carbonyl (C=O) groups is 1. The van der Waals surface area contributed by atoms with Crippen LogP contribution in [0.4, 0.5) is 0 Å². The number of thioether (sulfide) groups is 1. The Balaban J connectivity index is 1.48. The fourth-order valence-electron chi connectivity index (χ4n) is 2.17. The van der Waals surface area contributed by atoms with Crippen molar-refractivity contribution >= 4 is 17.7 Å². The van der Waals surface area contributed by atoms with Crippen molar-refractivity contribution in [1.29, 1.82) is 0 Å². The second-order valence-corrected chi connectivity index (χ2v) is 6.03. The molecular formula is C17H17N5OS. The zero-order chi connectivity index (χ0) is 16.6. The van der Waals surface area contributed by atoms with Crippen molar-refractivity contribution < 1.29 is 4.79 Å². The Kier molecular flexibility index (Phi) is 5.57. The van der Waals surface area contributed by atoms with Gasteiger partial charge in [0.15, 0.2) is 0 Å². The summed E-state index contributed by atoms with van der Waals surface area (Å²) < 4.78 is 1.63. The van der Waals surface area contributed by atoms with E-state index < -0.39 is 0 Å². The van der Waals surface area contributed by atoms with Crippen LogP contribution in [0.25, 0.3) is 5.69 Å². The average molecular weight is 339 g/mol. The number of nitrogens with one attached hydrogen (secondary N) is 1. The normalized spacial score (nSPS) is 10.5. The highest BCUT2D eigenvalue weighted by molar-refractivity contribution is 7.99. The maximum absolute atomic E-state index is 12.0. The van der Waals surface area contributed by atoms with Gasteiger partial charge in [0.2, 0.25) is 11.1 Å². The van der Waals surface area contributed by atoms with E-state index in [1.165, 1.54) is 17.3 Å². The molecule has 3 rings (SSSR count). The summed E-state index contributed by atoms with van der Waals surface area (Å²) in [6.07, 6.45) is 0.818. The summed E-state index contributed by atoms with van der Waals surface area (Å²) in [5, 5.41) is 15.1. The molecule has 0 aliphatic rings. The number of benzene rings is 2. The molecule has 3 aromatic rings. The van der Waals surface area contributed by atoms with Gasteiger partial charge in [-0.2, -0.15) is 4.68 Å². The number of rotatable bonds is 7. The van der Waals surface area contributed by atoms with Crippen LogP contribution in [0.1, 0.15) is 5.56 Å². The van der Waals surface area contributed by atoms with Crippen molar-refractivity contribution in [1.82, 2.24) is 25.5 Å². The Bertz CT molecular complexity index is 776. The molecule has 0 radical (unpaired) electrons. The van der Waals surface area contributed by atoms with E-state index in [9.17, 15) is 4.79 Å². The third-order valence-corrected chi connectivity index (χ3v) is 4.27. The van der Waals surface area contributed by atoms with E-state index in [2.05, 4.69) is 33.0 Å². The van der Waals surface area contributed by atoms with E-state index in [1.54, 1.807) is 4.68 Å². The number of hydrogen-bond donors (Lipinski definition) is 1. The Morgan fingerprint density at radius 1 is 1.04 bits per heavy atom. The molecule has 0 spiro atoms. The molecule has 1 aromatic heterocycles. The number of carbonyl (C=O) groups excluding carboxylic acids is 1. The molecule has 0 atom stereocenters. The SMILES string of the molecule is O=C(CSc1nnnn1-c1ccccc1)NCCc1ccccc1. The minimum atomic E-state index is -0.0291. The van der Waals surface area contributed by atoms with Crippen molar-refractivity contribution in [2.45, 2.75) is 11.6 Å². The lowest BCUT2D eigenvalue weighted by Crippen LogP contribution is -2.27. The number of aromatic nitrogens is 4. The van der Waals surface area contributed by atoms with Gasteiger partial charge >= 0.3 is 0 Å². The fourth-order valence-corrected chi connectivity index (χ4v) is 2.89. The van der Waals surface area contributed by atoms with Crippen LogP contribution in [-0.2, 0) is 11.2 Å². The third kappa shape index (κ3) is 4.42. The molecule has 122 valence electrons. The minimum Gasteiger partial charge on any atom is -0.355 e. The van der Waals surface area contributed by atoms with Gasteiger partial charge in [-0.05, 0) is 34.5 Å². The third-order valence-electron chi connectivity index (χ3n) is 3.35. The topological polar surface area (TPSA) is 72.7 Å². The van der Waals surface area contributed by atoms with Gasteiger partial charge in [0.25, 0.3) is 0 Å². The van der Waals surface area contributed by atoms with Gasteiger partial charge in [-0.3, -0.25) is 4.79 Å². The number of para-hydroxylation sites is 1. The highest BCUT2D eigenvalue weighted by atomic mass is 32.2. The number of nitrogens with zero attached hydrogens (tertiary/aromatic N) is 4. The number of hydrogen-bond acceptors (Lipinski definition) is 5. The summed E-state index contributed by atoms with van der Waals surface area (Å²) in [4.78, 5) is 12.0. The van der Waals surface area contributed by atoms with Crippen LogP contribution in [0.2, 0.25) is 0 Å². The highest BCUT2D eigenvalue weighted by Crippen LogP contribution is 2.17. The van der Waals surface area contributed by atoms with Gasteiger partial charge in [0.05, 0.1) is 11.4 Å². The lowest BCUT2D eigenvalue weighted by molar-refractivity contribution is -0.118. The minimum absolute atomic E-state index is 0.0291. The first-order chi connectivity index (χ1) is 11.8. The Hall–Kier alpha value is -2.67. The first kappa shape index (κ1) is 16.2. The van der Waals surface area contributed by atoms with Gasteiger partial charge in [-0.15, -0.1) is 5.10 Å². The van der Waals surface area contributed by atoms with Gasteiger partial charge in [-0.1, -0.05) is 60.3 Å². The van der Waals surface area contributed by atoms with Gasteiger partial charge in [0.1, 0.15) is 0 Å². The lowest BCUT2D eigenvalue weighted by atomic mass is 10.1. The molecule has 0 aliphatic heterocycles. The largest absolute Gasteiger partial charge is 0.355 e. The molecular weight excluding hydrogens is 322 g/mol. The summed E-state index contributed by atoms with van der Waals surface area (Å²) in [5.41, 5.74) is 2.08. The smallest absolute Gasteiger partial charge is 0.230 e. The Labute approximate surface area is 144 Å². The van der Waals surface area contributed by atoms with E-state index >= 15 is 0 Å². The molecule has 0 unspecified atom stereocenters. The maximum atomic E-state index is 12.0. The van der Waals surface area contributed by atoms with E-state index in [1.807, 2.05) is 48.5 Å². The molecule has 6 nitrogen and oxygen atoms in total. The molecule has 0 aliphatic carbocycles. The summed E-state index contributed by atoms with van der Waals surface area (Å²) in [7, 11) is 0. The Morgan fingerprint density at radius 2 is 1.75 bits per heavy atom. The summed E-state index contributed by atoms with van der Waals surface area (Å²) >= 11 is 1.32. The van der Waals surface area contributed by atoms with Crippen molar-refractivity contribution in [3.8, 4) is 5.69 Å². The predicted octanol–water partition coefficient (Wildman–Crippen LogP) is 2.11. The maximum Gasteiger partial charge on any atom is 0.230 e. The fraction of sp³-hybridized carbons (Fsp3) is 0.176. The lowest BCUT2D eigenvalue weighted by Gasteiger charge is -2.06. The molecule has 24 heavy (non-hydrogen) atoms. The monoisotopic (exact) mass is 339 g/mol. The first-order valence-corrected chi connectivity index (χ1v) is 8.59. The number of tetrazole rings is 1. The van der Waals surface area contributed by atoms with Crippen LogP contribution in [-0.4, -0.2) is 38.4 Å². The van der Waals surface area contributed by atoms with E-state index in [0.29, 0.717) is 11.7 Å². The van der Waals surface area contributed by atoms with Crippen molar-refractivity contribution in [3.63, 3.8) is 0 Å². The number of amides is 1. The van der Waals surface area contributed by atoms with Crippen molar-refractivity contribution in [2.24, 2.45) is 0 Å². The van der Waals surface area contributed by atoms with E-state index in [4.69, 9.17) is 0 Å². The van der Waals surface area contributed by atoms with Crippen LogP contribution in [0, 0.1) is 0 Å². The summed E-state index contributed by atoms with van der Waals surface area (Å²) in [6.45, 7) is 0.618. The van der Waals surface area contributed by atoms with Crippen molar-refractivity contribution in [2.75, 3.05) is 12.3 Å². The van der Waals surface area contributed by atoms with E-state index in [-0.39, 0.29) is 11.7 Å². The average Bonchev–Trinajstić information content (AvgIpc) is 3.10. The quantitative estimate of drug-likeness (QED) is 0.668. The molecule has 0 saturated heterocycles. The van der Waals surface area contributed by atoms with Gasteiger partial charge in [0, 0.05) is 6.54 Å². The predicted molar refractivity (Wildman–Crippen MR) is 93.0 cm³/mol. The summed E-state index contributed by atoms with van der Waals surface area (Å²) in [5.74, 6) is 0.251.